The molecule has 0 saturated heterocycles. The maximum Gasteiger partial charge on any atom is 0.307 e. The summed E-state index contributed by atoms with van der Waals surface area (Å²) in [5, 5.41) is -0.126. The second kappa shape index (κ2) is 10.9. The van der Waals surface area contributed by atoms with Gasteiger partial charge in [-0.05, 0) is 24.3 Å². The number of rotatable bonds is 8. The molecule has 3 N–H and O–H groups in total. The lowest BCUT2D eigenvalue weighted by Gasteiger charge is -2.10. The molecule has 9 nitrogen and oxygen atoms in total. The van der Waals surface area contributed by atoms with Crippen molar-refractivity contribution < 1.29 is 27.5 Å². The Morgan fingerprint density at radius 2 is 1.53 bits per heavy atom. The number of nitrogens with one attached hydrogen (secondary N) is 3. The third-order valence-corrected chi connectivity index (χ3v) is 5.94. The Balaban J connectivity index is 1.72. The monoisotopic (exact) mass is 473 g/mol. The molecule has 2 aromatic rings. The summed E-state index contributed by atoms with van der Waals surface area (Å²) in [6.07, 6.45) is -0.342. The fourth-order valence-electron chi connectivity index (χ4n) is 2.14. The minimum absolute atomic E-state index is 0.0632. The largest absolute Gasteiger partial charge is 0.455 e. The molecule has 0 atom stereocenters. The first-order chi connectivity index (χ1) is 14.2. The Morgan fingerprint density at radius 1 is 0.900 bits per heavy atom. The number of sulfonamides is 1. The number of benzene rings is 2. The van der Waals surface area contributed by atoms with Gasteiger partial charge >= 0.3 is 5.97 Å². The van der Waals surface area contributed by atoms with E-state index in [-0.39, 0.29) is 27.9 Å². The normalized spacial score (nSPS) is 10.9. The molecule has 30 heavy (non-hydrogen) atoms. The average molecular weight is 474 g/mol. The standard InChI is InChI=1S/C18H17Cl2N3O6S/c19-13-7-4-8-14(20)17(13)30(27,28)21-10-9-16(25)29-11-15(24)22-23-18(26)12-5-2-1-3-6-12/h1-8,21H,9-11H2,(H,22,24)(H,23,26). The highest BCUT2D eigenvalue weighted by Gasteiger charge is 2.21. The molecular weight excluding hydrogens is 457 g/mol. The van der Waals surface area contributed by atoms with Crippen LogP contribution >= 0.6 is 23.2 Å². The lowest BCUT2D eigenvalue weighted by atomic mass is 10.2. The van der Waals surface area contributed by atoms with E-state index in [0.29, 0.717) is 5.56 Å². The molecule has 0 heterocycles. The highest BCUT2D eigenvalue weighted by molar-refractivity contribution is 7.89. The summed E-state index contributed by atoms with van der Waals surface area (Å²) in [7, 11) is -4.04. The molecule has 0 aliphatic heterocycles. The van der Waals surface area contributed by atoms with Crippen molar-refractivity contribution in [3.63, 3.8) is 0 Å². The van der Waals surface area contributed by atoms with E-state index in [1.54, 1.807) is 30.3 Å². The van der Waals surface area contributed by atoms with Crippen molar-refractivity contribution in [2.75, 3.05) is 13.2 Å². The second-order valence-electron chi connectivity index (χ2n) is 5.73. The van der Waals surface area contributed by atoms with Gasteiger partial charge in [0.25, 0.3) is 11.8 Å². The van der Waals surface area contributed by atoms with Crippen LogP contribution in [-0.4, -0.2) is 39.4 Å². The summed E-state index contributed by atoms with van der Waals surface area (Å²) < 4.78 is 31.4. The van der Waals surface area contributed by atoms with E-state index in [1.165, 1.54) is 18.2 Å². The SMILES string of the molecule is O=C(COC(=O)CCNS(=O)(=O)c1c(Cl)cccc1Cl)NNC(=O)c1ccccc1. The number of amides is 2. The molecule has 0 bridgehead atoms. The molecule has 0 unspecified atom stereocenters. The fourth-order valence-corrected chi connectivity index (χ4v) is 4.31. The van der Waals surface area contributed by atoms with Gasteiger partial charge in [0.15, 0.2) is 6.61 Å². The molecule has 0 fully saturated rings. The predicted octanol–water partition coefficient (Wildman–Crippen LogP) is 1.67. The van der Waals surface area contributed by atoms with E-state index < -0.39 is 34.4 Å². The van der Waals surface area contributed by atoms with Gasteiger partial charge in [0, 0.05) is 12.1 Å². The Bertz CT molecular complexity index is 1010. The fraction of sp³-hybridized carbons (Fsp3) is 0.167. The summed E-state index contributed by atoms with van der Waals surface area (Å²) in [4.78, 5) is 34.8. The minimum Gasteiger partial charge on any atom is -0.455 e. The van der Waals surface area contributed by atoms with Gasteiger partial charge in [-0.3, -0.25) is 25.2 Å². The van der Waals surface area contributed by atoms with Crippen molar-refractivity contribution in [3.05, 3.63) is 64.1 Å². The molecular formula is C18H17Cl2N3O6S. The number of carbonyl (C=O) groups is 3. The number of halogens is 2. The smallest absolute Gasteiger partial charge is 0.307 e. The molecule has 0 spiro atoms. The summed E-state index contributed by atoms with van der Waals surface area (Å²) >= 11 is 11.7. The lowest BCUT2D eigenvalue weighted by molar-refractivity contribution is -0.148. The Hall–Kier alpha value is -2.66. The zero-order valence-corrected chi connectivity index (χ0v) is 17.7. The molecule has 0 aromatic heterocycles. The molecule has 12 heteroatoms. The summed E-state index contributed by atoms with van der Waals surface area (Å²) in [5.41, 5.74) is 4.60. The van der Waals surface area contributed by atoms with Crippen LogP contribution in [0.25, 0.3) is 0 Å². The lowest BCUT2D eigenvalue weighted by Crippen LogP contribution is -2.43. The van der Waals surface area contributed by atoms with E-state index in [2.05, 4.69) is 15.6 Å². The first-order valence-corrected chi connectivity index (χ1v) is 10.7. The molecule has 0 saturated carbocycles. The van der Waals surface area contributed by atoms with Gasteiger partial charge < -0.3 is 4.74 Å². The van der Waals surface area contributed by atoms with Gasteiger partial charge in [-0.15, -0.1) is 0 Å². The molecule has 2 rings (SSSR count). The van der Waals surface area contributed by atoms with E-state index >= 15 is 0 Å². The van der Waals surface area contributed by atoms with Crippen LogP contribution < -0.4 is 15.6 Å². The quantitative estimate of drug-likeness (QED) is 0.394. The Kier molecular flexibility index (Phi) is 8.60. The molecule has 0 aliphatic carbocycles. The van der Waals surface area contributed by atoms with Crippen molar-refractivity contribution in [1.29, 1.82) is 0 Å². The Morgan fingerprint density at radius 3 is 2.17 bits per heavy atom. The minimum atomic E-state index is -4.04. The molecule has 160 valence electrons. The molecule has 0 aliphatic rings. The highest BCUT2D eigenvalue weighted by Crippen LogP contribution is 2.28. The van der Waals surface area contributed by atoms with Crippen LogP contribution in [0, 0.1) is 0 Å². The maximum atomic E-state index is 12.3. The molecule has 2 amide bonds. The van der Waals surface area contributed by atoms with Crippen LogP contribution in [0.2, 0.25) is 10.0 Å². The van der Waals surface area contributed by atoms with Gasteiger partial charge in [0.05, 0.1) is 16.5 Å². The van der Waals surface area contributed by atoms with E-state index in [1.807, 2.05) is 0 Å². The van der Waals surface area contributed by atoms with Gasteiger partial charge in [-0.1, -0.05) is 47.5 Å². The average Bonchev–Trinajstić information content (AvgIpc) is 2.70. The predicted molar refractivity (Wildman–Crippen MR) is 109 cm³/mol. The number of hydrogen-bond donors (Lipinski definition) is 3. The zero-order valence-electron chi connectivity index (χ0n) is 15.4. The number of esters is 1. The van der Waals surface area contributed by atoms with Crippen LogP contribution in [0.3, 0.4) is 0 Å². The van der Waals surface area contributed by atoms with E-state index in [0.717, 1.165) is 0 Å². The van der Waals surface area contributed by atoms with E-state index in [4.69, 9.17) is 27.9 Å². The van der Waals surface area contributed by atoms with E-state index in [9.17, 15) is 22.8 Å². The van der Waals surface area contributed by atoms with Crippen LogP contribution in [0.5, 0.6) is 0 Å². The first kappa shape index (κ1) is 23.6. The summed E-state index contributed by atoms with van der Waals surface area (Å²) in [6.45, 7) is -0.952. The summed E-state index contributed by atoms with van der Waals surface area (Å²) in [6, 6.07) is 12.4. The zero-order chi connectivity index (χ0) is 22.1. The van der Waals surface area contributed by atoms with Crippen molar-refractivity contribution in [3.8, 4) is 0 Å². The van der Waals surface area contributed by atoms with Gasteiger partial charge in [0.1, 0.15) is 4.90 Å². The number of ether oxygens (including phenoxy) is 1. The Labute approximate surface area is 182 Å². The third kappa shape index (κ3) is 6.99. The molecule has 2 aromatic carbocycles. The van der Waals surface area contributed by atoms with Crippen molar-refractivity contribution >= 4 is 51.0 Å². The van der Waals surface area contributed by atoms with Crippen LogP contribution in [0.1, 0.15) is 16.8 Å². The van der Waals surface area contributed by atoms with Crippen molar-refractivity contribution in [2.24, 2.45) is 0 Å². The van der Waals surface area contributed by atoms with Gasteiger partial charge in [-0.25, -0.2) is 13.1 Å². The van der Waals surface area contributed by atoms with Crippen LogP contribution in [0.15, 0.2) is 53.4 Å². The number of hydrazine groups is 1. The summed E-state index contributed by atoms with van der Waals surface area (Å²) in [5.74, 6) is -2.13. The topological polar surface area (TPSA) is 131 Å². The van der Waals surface area contributed by atoms with Crippen LogP contribution in [-0.2, 0) is 24.3 Å². The van der Waals surface area contributed by atoms with Crippen molar-refractivity contribution in [2.45, 2.75) is 11.3 Å². The third-order valence-electron chi connectivity index (χ3n) is 3.52. The second-order valence-corrected chi connectivity index (χ2v) is 8.25. The number of hydrogen-bond acceptors (Lipinski definition) is 6. The van der Waals surface area contributed by atoms with Crippen molar-refractivity contribution in [1.82, 2.24) is 15.6 Å². The van der Waals surface area contributed by atoms with Gasteiger partial charge in [0.2, 0.25) is 10.0 Å². The molecule has 0 radical (unpaired) electrons. The number of carbonyl (C=O) groups excluding carboxylic acids is 3. The maximum absolute atomic E-state index is 12.3. The highest BCUT2D eigenvalue weighted by atomic mass is 35.5. The first-order valence-electron chi connectivity index (χ1n) is 8.44. The van der Waals surface area contributed by atoms with Crippen LogP contribution in [0.4, 0.5) is 0 Å². The van der Waals surface area contributed by atoms with Gasteiger partial charge in [-0.2, -0.15) is 0 Å².